The third kappa shape index (κ3) is 3.89. The van der Waals surface area contributed by atoms with Crippen molar-refractivity contribution in [3.05, 3.63) is 64.1 Å². The molecule has 0 fully saturated rings. The van der Waals surface area contributed by atoms with Crippen molar-refractivity contribution in [2.24, 2.45) is 14.1 Å². The van der Waals surface area contributed by atoms with E-state index in [1.54, 1.807) is 23.3 Å². The largest absolute Gasteiger partial charge is 1.00 e. The lowest BCUT2D eigenvalue weighted by atomic mass is 10.1. The molecule has 5 nitrogen and oxygen atoms in total. The van der Waals surface area contributed by atoms with Gasteiger partial charge in [-0.05, 0) is 42.3 Å². The van der Waals surface area contributed by atoms with Gasteiger partial charge in [0.25, 0.3) is 0 Å². The van der Waals surface area contributed by atoms with Crippen LogP contribution in [0.15, 0.2) is 47.3 Å². The summed E-state index contributed by atoms with van der Waals surface area (Å²) in [5, 5.41) is 3.46. The number of nitrogens with zero attached hydrogens (tertiary/aromatic N) is 2. The lowest BCUT2D eigenvalue weighted by Gasteiger charge is -2.09. The fourth-order valence-corrected chi connectivity index (χ4v) is 3.03. The Morgan fingerprint density at radius 2 is 1.76 bits per heavy atom. The lowest BCUT2D eigenvalue weighted by molar-refractivity contribution is -0.00000534. The maximum atomic E-state index is 12.0. The first-order valence-electron chi connectivity index (χ1n) is 8.08. The summed E-state index contributed by atoms with van der Waals surface area (Å²) < 4.78 is 8.74. The average Bonchev–Trinajstić information content (AvgIpc) is 2.83. The van der Waals surface area contributed by atoms with Gasteiger partial charge in [0.1, 0.15) is 5.75 Å². The molecule has 0 bridgehead atoms. The molecule has 25 heavy (non-hydrogen) atoms. The SMILES string of the molecule is COc1ccccc1CCNCc1ccc2c(c1)n(C)c(=O)n2C.[Cl-]. The van der Waals surface area contributed by atoms with Gasteiger partial charge >= 0.3 is 5.69 Å². The van der Waals surface area contributed by atoms with E-state index >= 15 is 0 Å². The molecule has 0 aliphatic carbocycles. The number of fused-ring (bicyclic) bond motifs is 1. The predicted octanol–water partition coefficient (Wildman–Crippen LogP) is -0.778. The van der Waals surface area contributed by atoms with E-state index < -0.39 is 0 Å². The van der Waals surface area contributed by atoms with E-state index in [4.69, 9.17) is 4.74 Å². The molecule has 0 aliphatic heterocycles. The first kappa shape index (κ1) is 19.1. The summed E-state index contributed by atoms with van der Waals surface area (Å²) in [7, 11) is 5.31. The van der Waals surface area contributed by atoms with Crippen molar-refractivity contribution in [1.82, 2.24) is 14.5 Å². The summed E-state index contributed by atoms with van der Waals surface area (Å²) in [5.41, 5.74) is 4.30. The van der Waals surface area contributed by atoms with Gasteiger partial charge in [-0.2, -0.15) is 0 Å². The summed E-state index contributed by atoms with van der Waals surface area (Å²) in [6.07, 6.45) is 0.913. The molecule has 0 aliphatic rings. The number of hydrogen-bond donors (Lipinski definition) is 1. The molecule has 2 aromatic carbocycles. The topological polar surface area (TPSA) is 48.2 Å². The highest BCUT2D eigenvalue weighted by Gasteiger charge is 2.08. The lowest BCUT2D eigenvalue weighted by Crippen LogP contribution is -3.00. The van der Waals surface area contributed by atoms with Gasteiger partial charge in [-0.1, -0.05) is 24.3 Å². The van der Waals surface area contributed by atoms with Crippen molar-refractivity contribution in [1.29, 1.82) is 0 Å². The van der Waals surface area contributed by atoms with E-state index in [1.807, 2.05) is 31.3 Å². The number of imidazole rings is 1. The van der Waals surface area contributed by atoms with Gasteiger partial charge in [0.2, 0.25) is 0 Å². The van der Waals surface area contributed by atoms with Crippen molar-refractivity contribution < 1.29 is 17.1 Å². The molecule has 0 radical (unpaired) electrons. The Morgan fingerprint density at radius 3 is 2.52 bits per heavy atom. The Morgan fingerprint density at radius 1 is 1.04 bits per heavy atom. The molecule has 0 atom stereocenters. The zero-order chi connectivity index (χ0) is 17.1. The molecule has 1 heterocycles. The molecule has 3 rings (SSSR count). The molecular weight excluding hydrogens is 338 g/mol. The molecule has 1 aromatic heterocycles. The second-order valence-electron chi connectivity index (χ2n) is 5.96. The van der Waals surface area contributed by atoms with Gasteiger partial charge in [-0.25, -0.2) is 4.79 Å². The van der Waals surface area contributed by atoms with Gasteiger partial charge < -0.3 is 22.5 Å². The van der Waals surface area contributed by atoms with Crippen LogP contribution < -0.4 is 28.2 Å². The Labute approximate surface area is 153 Å². The summed E-state index contributed by atoms with van der Waals surface area (Å²) >= 11 is 0. The minimum absolute atomic E-state index is 0. The predicted molar refractivity (Wildman–Crippen MR) is 96.6 cm³/mol. The quantitative estimate of drug-likeness (QED) is 0.587. The van der Waals surface area contributed by atoms with Crippen LogP contribution in [0.4, 0.5) is 0 Å². The van der Waals surface area contributed by atoms with Crippen LogP contribution >= 0.6 is 0 Å². The second-order valence-corrected chi connectivity index (χ2v) is 5.96. The minimum atomic E-state index is 0. The zero-order valence-corrected chi connectivity index (χ0v) is 15.5. The van der Waals surface area contributed by atoms with Crippen molar-refractivity contribution in [2.75, 3.05) is 13.7 Å². The maximum Gasteiger partial charge on any atom is 0.328 e. The molecule has 6 heteroatoms. The average molecular weight is 361 g/mol. The number of methoxy groups -OCH3 is 1. The molecule has 0 spiro atoms. The molecule has 0 saturated carbocycles. The Hall–Kier alpha value is -2.24. The van der Waals surface area contributed by atoms with Crippen LogP contribution in [0.1, 0.15) is 11.1 Å². The van der Waals surface area contributed by atoms with E-state index in [1.165, 1.54) is 11.1 Å². The van der Waals surface area contributed by atoms with Crippen LogP contribution in [0.3, 0.4) is 0 Å². The van der Waals surface area contributed by atoms with Crippen molar-refractivity contribution in [3.8, 4) is 5.75 Å². The van der Waals surface area contributed by atoms with Crippen molar-refractivity contribution in [3.63, 3.8) is 0 Å². The van der Waals surface area contributed by atoms with E-state index in [9.17, 15) is 4.79 Å². The summed E-state index contributed by atoms with van der Waals surface area (Å²) in [5.74, 6) is 0.931. The van der Waals surface area contributed by atoms with E-state index in [0.29, 0.717) is 0 Å². The van der Waals surface area contributed by atoms with E-state index in [0.717, 1.165) is 36.3 Å². The number of aryl methyl sites for hydroxylation is 2. The highest BCUT2D eigenvalue weighted by atomic mass is 35.5. The van der Waals surface area contributed by atoms with E-state index in [-0.39, 0.29) is 18.1 Å². The summed E-state index contributed by atoms with van der Waals surface area (Å²) in [4.78, 5) is 12.0. The molecule has 0 unspecified atom stereocenters. The number of nitrogens with one attached hydrogen (secondary N) is 1. The van der Waals surface area contributed by atoms with Crippen LogP contribution in [0.5, 0.6) is 5.75 Å². The molecule has 1 N–H and O–H groups in total. The number of rotatable bonds is 6. The van der Waals surface area contributed by atoms with Crippen LogP contribution in [0, 0.1) is 0 Å². The number of benzene rings is 2. The zero-order valence-electron chi connectivity index (χ0n) is 14.8. The molecule has 0 amide bonds. The second kappa shape index (κ2) is 8.23. The van der Waals surface area contributed by atoms with Crippen LogP contribution in [0.2, 0.25) is 0 Å². The smallest absolute Gasteiger partial charge is 0.328 e. The number of aromatic nitrogens is 2. The van der Waals surface area contributed by atoms with Gasteiger partial charge in [-0.15, -0.1) is 0 Å². The number of hydrogen-bond acceptors (Lipinski definition) is 3. The molecule has 0 saturated heterocycles. The minimum Gasteiger partial charge on any atom is -1.00 e. The Bertz CT molecular complexity index is 915. The number of ether oxygens (including phenoxy) is 1. The third-order valence-electron chi connectivity index (χ3n) is 4.43. The van der Waals surface area contributed by atoms with Crippen LogP contribution in [-0.2, 0) is 27.1 Å². The Balaban J connectivity index is 0.00000225. The fourth-order valence-electron chi connectivity index (χ4n) is 3.03. The Kier molecular flexibility index (Phi) is 6.28. The van der Waals surface area contributed by atoms with Gasteiger partial charge in [-0.3, -0.25) is 9.13 Å². The number of para-hydroxylation sites is 1. The first-order valence-corrected chi connectivity index (χ1v) is 8.08. The van der Waals surface area contributed by atoms with Crippen LogP contribution in [-0.4, -0.2) is 22.8 Å². The van der Waals surface area contributed by atoms with Gasteiger partial charge in [0.15, 0.2) is 0 Å². The monoisotopic (exact) mass is 360 g/mol. The van der Waals surface area contributed by atoms with Gasteiger partial charge in [0, 0.05) is 20.6 Å². The van der Waals surface area contributed by atoms with Crippen molar-refractivity contribution >= 4 is 11.0 Å². The van der Waals surface area contributed by atoms with E-state index in [2.05, 4.69) is 23.5 Å². The first-order chi connectivity index (χ1) is 11.6. The van der Waals surface area contributed by atoms with Crippen LogP contribution in [0.25, 0.3) is 11.0 Å². The third-order valence-corrected chi connectivity index (χ3v) is 4.43. The molecular formula is C19H23ClN3O2-. The summed E-state index contributed by atoms with van der Waals surface area (Å²) in [6.45, 7) is 1.64. The maximum absolute atomic E-state index is 12.0. The normalized spacial score (nSPS) is 10.7. The van der Waals surface area contributed by atoms with Crippen molar-refractivity contribution in [2.45, 2.75) is 13.0 Å². The summed E-state index contributed by atoms with van der Waals surface area (Å²) in [6, 6.07) is 14.2. The molecule has 134 valence electrons. The highest BCUT2D eigenvalue weighted by Crippen LogP contribution is 2.17. The standard InChI is InChI=1S/C19H23N3O2.ClH/c1-21-16-9-8-14(12-17(16)22(2)19(21)23)13-20-11-10-15-6-4-5-7-18(15)24-3;/h4-9,12,20H,10-11,13H2,1-3H3;1H/p-1. The highest BCUT2D eigenvalue weighted by molar-refractivity contribution is 5.76. The van der Waals surface area contributed by atoms with Gasteiger partial charge in [0.05, 0.1) is 18.1 Å². The molecule has 3 aromatic rings. The fraction of sp³-hybridized carbons (Fsp3) is 0.316. The number of halogens is 1.